The quantitative estimate of drug-likeness (QED) is 0.105. The second-order valence-electron chi connectivity index (χ2n) is 9.23. The maximum Gasteiger partial charge on any atom is 0.293 e. The van der Waals surface area contributed by atoms with E-state index in [0.717, 1.165) is 25.0 Å². The predicted octanol–water partition coefficient (Wildman–Crippen LogP) is 0.987. The molecule has 0 radical (unpaired) electrons. The molecule has 1 aromatic carbocycles. The first kappa shape index (κ1) is 28.8. The molecule has 41 heavy (non-hydrogen) atoms. The molecule has 214 valence electrons. The third kappa shape index (κ3) is 8.39. The summed E-state index contributed by atoms with van der Waals surface area (Å²) in [6.45, 7) is 0.285. The molecule has 0 bridgehead atoms. The number of Topliss-reactive ketones (excluding diaryl/α,β-unsaturated/α-hetero) is 1. The van der Waals surface area contributed by atoms with Gasteiger partial charge in [-0.2, -0.15) is 15.1 Å². The number of amides is 2. The normalized spacial score (nSPS) is 13.0. The number of nitrogens with two attached hydrogens (primary N) is 1. The minimum Gasteiger partial charge on any atom is -0.492 e. The number of hydrogen-bond donors (Lipinski definition) is 5. The molecule has 1 atom stereocenters. The highest BCUT2D eigenvalue weighted by atomic mass is 16.5. The highest BCUT2D eigenvalue weighted by molar-refractivity contribution is 5.96. The number of rotatable bonds is 14. The fourth-order valence-electron chi connectivity index (χ4n) is 3.81. The molecule has 1 fully saturated rings. The number of aromatic nitrogens is 4. The van der Waals surface area contributed by atoms with Crippen molar-refractivity contribution in [2.24, 2.45) is 5.10 Å². The van der Waals surface area contributed by atoms with E-state index in [1.807, 2.05) is 0 Å². The van der Waals surface area contributed by atoms with Crippen molar-refractivity contribution in [3.8, 4) is 5.88 Å². The molecule has 15 nitrogen and oxygen atoms in total. The number of ether oxygens (including phenoxy) is 1. The van der Waals surface area contributed by atoms with Crippen molar-refractivity contribution < 1.29 is 29.0 Å². The highest BCUT2D eigenvalue weighted by Crippen LogP contribution is 2.19. The van der Waals surface area contributed by atoms with E-state index in [1.54, 1.807) is 24.3 Å². The Kier molecular flexibility index (Phi) is 9.64. The first-order valence-electron chi connectivity index (χ1n) is 12.9. The smallest absolute Gasteiger partial charge is 0.293 e. The molecule has 6 N–H and O–H groups in total. The lowest BCUT2D eigenvalue weighted by Crippen LogP contribution is -2.36. The fourth-order valence-corrected chi connectivity index (χ4v) is 3.81. The van der Waals surface area contributed by atoms with Gasteiger partial charge in [-0.1, -0.05) is 0 Å². The summed E-state index contributed by atoms with van der Waals surface area (Å²) in [4.78, 5) is 63.6. The Morgan fingerprint density at radius 2 is 1.90 bits per heavy atom. The number of anilines is 2. The van der Waals surface area contributed by atoms with Gasteiger partial charge in [0.1, 0.15) is 6.10 Å². The van der Waals surface area contributed by atoms with Crippen molar-refractivity contribution in [2.45, 2.75) is 51.2 Å². The number of carbonyl (C=O) groups excluding carboxylic acids is 4. The van der Waals surface area contributed by atoms with E-state index in [-0.39, 0.29) is 67.6 Å². The van der Waals surface area contributed by atoms with E-state index >= 15 is 0 Å². The molecule has 1 aliphatic rings. The summed E-state index contributed by atoms with van der Waals surface area (Å²) < 4.78 is 5.01. The largest absolute Gasteiger partial charge is 0.492 e. The van der Waals surface area contributed by atoms with Crippen molar-refractivity contribution in [3.63, 3.8) is 0 Å². The van der Waals surface area contributed by atoms with Crippen LogP contribution in [0.4, 0.5) is 11.6 Å². The van der Waals surface area contributed by atoms with Gasteiger partial charge in [-0.15, -0.1) is 0 Å². The lowest BCUT2D eigenvalue weighted by atomic mass is 9.98. The van der Waals surface area contributed by atoms with Gasteiger partial charge in [0.05, 0.1) is 25.0 Å². The van der Waals surface area contributed by atoms with Gasteiger partial charge in [-0.25, -0.2) is 15.4 Å². The molecule has 15 heteroatoms. The maximum atomic E-state index is 12.8. The zero-order chi connectivity index (χ0) is 29.2. The molecule has 2 amide bonds. The van der Waals surface area contributed by atoms with Gasteiger partial charge in [0, 0.05) is 29.8 Å². The van der Waals surface area contributed by atoms with Crippen LogP contribution in [0.3, 0.4) is 0 Å². The van der Waals surface area contributed by atoms with Crippen LogP contribution in [0.1, 0.15) is 54.6 Å². The first-order chi connectivity index (χ1) is 19.8. The van der Waals surface area contributed by atoms with Crippen LogP contribution in [-0.4, -0.2) is 67.5 Å². The number of aromatic hydroxyl groups is 1. The molecule has 1 unspecified atom stereocenters. The number of benzene rings is 1. The number of nitrogens with zero attached hydrogens (tertiary/aromatic N) is 5. The third-order valence-corrected chi connectivity index (χ3v) is 6.21. The van der Waals surface area contributed by atoms with Crippen LogP contribution in [-0.2, 0) is 25.7 Å². The van der Waals surface area contributed by atoms with Crippen LogP contribution in [0.25, 0.3) is 11.2 Å². The average Bonchev–Trinajstić information content (AvgIpc) is 2.93. The Morgan fingerprint density at radius 3 is 2.61 bits per heavy atom. The number of ketones is 1. The van der Waals surface area contributed by atoms with Crippen LogP contribution in [0.2, 0.25) is 0 Å². The Balaban J connectivity index is 1.23. The lowest BCUT2D eigenvalue weighted by Gasteiger charge is -2.15. The Labute approximate surface area is 234 Å². The molecule has 0 saturated heterocycles. The third-order valence-electron chi connectivity index (χ3n) is 6.21. The van der Waals surface area contributed by atoms with Crippen molar-refractivity contribution in [1.82, 2.24) is 30.7 Å². The van der Waals surface area contributed by atoms with Crippen LogP contribution >= 0.6 is 0 Å². The minimum absolute atomic E-state index is 0.0363. The molecule has 4 rings (SSSR count). The van der Waals surface area contributed by atoms with Gasteiger partial charge in [0.2, 0.25) is 17.7 Å². The van der Waals surface area contributed by atoms with Crippen molar-refractivity contribution >= 4 is 52.6 Å². The second-order valence-corrected chi connectivity index (χ2v) is 9.23. The molecule has 2 aromatic heterocycles. The SMILES string of the molecule is Nc1nc(O)c2nc(CNc3ccc(C(=O)CC(CCC(=O)NCC(=O)NN=C4CCC4)OC=O)cc3)cnc2n1. The Bertz CT molecular complexity index is 1460. The van der Waals surface area contributed by atoms with Crippen molar-refractivity contribution in [1.29, 1.82) is 0 Å². The van der Waals surface area contributed by atoms with E-state index in [0.29, 0.717) is 16.9 Å². The van der Waals surface area contributed by atoms with Gasteiger partial charge < -0.3 is 26.2 Å². The molecular formula is C26H29N9O6. The van der Waals surface area contributed by atoms with Gasteiger partial charge >= 0.3 is 0 Å². The topological polar surface area (TPSA) is 224 Å². The summed E-state index contributed by atoms with van der Waals surface area (Å²) in [5, 5.41) is 19.5. The van der Waals surface area contributed by atoms with E-state index in [4.69, 9.17) is 10.5 Å². The van der Waals surface area contributed by atoms with Crippen LogP contribution < -0.4 is 21.8 Å². The summed E-state index contributed by atoms with van der Waals surface area (Å²) >= 11 is 0. The van der Waals surface area contributed by atoms with Crippen LogP contribution in [0.15, 0.2) is 35.6 Å². The number of nitrogen functional groups attached to an aromatic ring is 1. The van der Waals surface area contributed by atoms with Crippen molar-refractivity contribution in [2.75, 3.05) is 17.6 Å². The molecule has 3 aromatic rings. The minimum atomic E-state index is -0.801. The van der Waals surface area contributed by atoms with Gasteiger partial charge in [0.25, 0.3) is 12.4 Å². The summed E-state index contributed by atoms with van der Waals surface area (Å²) in [6.07, 6.45) is 3.45. The number of fused-ring (bicyclic) bond motifs is 1. The Morgan fingerprint density at radius 1 is 1.12 bits per heavy atom. The van der Waals surface area contributed by atoms with Crippen molar-refractivity contribution in [3.05, 3.63) is 41.7 Å². The lowest BCUT2D eigenvalue weighted by molar-refractivity contribution is -0.135. The molecule has 1 saturated carbocycles. The zero-order valence-corrected chi connectivity index (χ0v) is 22.0. The van der Waals surface area contributed by atoms with E-state index in [9.17, 15) is 24.3 Å². The molecule has 1 aliphatic carbocycles. The second kappa shape index (κ2) is 13.7. The number of hydrazone groups is 1. The van der Waals surface area contributed by atoms with E-state index in [2.05, 4.69) is 41.1 Å². The molecule has 0 aliphatic heterocycles. The zero-order valence-electron chi connectivity index (χ0n) is 22.0. The number of nitrogens with one attached hydrogen (secondary N) is 3. The molecule has 0 spiro atoms. The maximum absolute atomic E-state index is 12.8. The van der Waals surface area contributed by atoms with Gasteiger partial charge in [0.15, 0.2) is 16.9 Å². The summed E-state index contributed by atoms with van der Waals surface area (Å²) in [5.41, 5.74) is 10.7. The fraction of sp³-hybridized carbons (Fsp3) is 0.346. The summed E-state index contributed by atoms with van der Waals surface area (Å²) in [5.74, 6) is -1.59. The number of carbonyl (C=O) groups is 4. The van der Waals surface area contributed by atoms with Crippen LogP contribution in [0, 0.1) is 0 Å². The van der Waals surface area contributed by atoms with Crippen LogP contribution in [0.5, 0.6) is 5.88 Å². The van der Waals surface area contributed by atoms with E-state index < -0.39 is 17.9 Å². The van der Waals surface area contributed by atoms with Gasteiger partial charge in [-0.3, -0.25) is 19.2 Å². The van der Waals surface area contributed by atoms with E-state index in [1.165, 1.54) is 6.20 Å². The Hall–Kier alpha value is -5.21. The standard InChI is InChI=1S/C26H29N9O6/c27-26-32-24-23(25(40)33-26)31-18(12-30-24)11-28-16-6-4-15(5-7-16)20(37)10-19(41-14-36)8-9-21(38)29-13-22(39)35-34-17-2-1-3-17/h4-7,12,14,19,28H,1-3,8-11,13H2,(H,29,38)(H,35,39)(H3,27,30,32,33,40). The molecule has 2 heterocycles. The summed E-state index contributed by atoms with van der Waals surface area (Å²) in [6, 6.07) is 6.64. The monoisotopic (exact) mass is 563 g/mol. The average molecular weight is 564 g/mol. The molecular weight excluding hydrogens is 534 g/mol. The first-order valence-corrected chi connectivity index (χ1v) is 12.9. The highest BCUT2D eigenvalue weighted by Gasteiger charge is 2.19. The number of hydrogen-bond acceptors (Lipinski definition) is 13. The van der Waals surface area contributed by atoms with Gasteiger partial charge in [-0.05, 0) is 49.9 Å². The summed E-state index contributed by atoms with van der Waals surface area (Å²) in [7, 11) is 0. The predicted molar refractivity (Wildman–Crippen MR) is 147 cm³/mol.